The molecule has 0 spiro atoms. The van der Waals surface area contributed by atoms with Crippen LogP contribution in [0.5, 0.6) is 0 Å². The van der Waals surface area contributed by atoms with Crippen molar-refractivity contribution in [1.29, 1.82) is 10.8 Å². The van der Waals surface area contributed by atoms with Gasteiger partial charge in [-0.15, -0.1) is 23.2 Å². The van der Waals surface area contributed by atoms with Gasteiger partial charge >= 0.3 is 0 Å². The molecule has 4 nitrogen and oxygen atoms in total. The third-order valence-corrected chi connectivity index (χ3v) is 3.29. The number of alkyl halides is 2. The van der Waals surface area contributed by atoms with E-state index in [1.54, 1.807) is 0 Å². The summed E-state index contributed by atoms with van der Waals surface area (Å²) in [7, 11) is 0. The van der Waals surface area contributed by atoms with Crippen LogP contribution >= 0.6 is 23.2 Å². The Labute approximate surface area is 130 Å². The quantitative estimate of drug-likeness (QED) is 0.405. The van der Waals surface area contributed by atoms with Gasteiger partial charge in [-0.05, 0) is 26.4 Å². The minimum Gasteiger partial charge on any atom is -0.222 e. The summed E-state index contributed by atoms with van der Waals surface area (Å²) in [6, 6.07) is 14.4. The maximum atomic E-state index is 8.35. The number of carbonyl (C=O) groups excluding carboxylic acids is 2. The largest absolute Gasteiger partial charge is 0.231 e. The van der Waals surface area contributed by atoms with E-state index in [9.17, 15) is 0 Å². The number of isocyanates is 2. The average Bonchev–Trinajstić information content (AvgIpc) is 2.45. The van der Waals surface area contributed by atoms with Crippen molar-refractivity contribution in [3.63, 3.8) is 0 Å². The Kier molecular flexibility index (Phi) is 6.54. The second kappa shape index (κ2) is 8.15. The van der Waals surface area contributed by atoms with Gasteiger partial charge in [-0.2, -0.15) is 0 Å². The third-order valence-electron chi connectivity index (χ3n) is 2.82. The molecule has 2 aromatic rings. The van der Waals surface area contributed by atoms with Crippen LogP contribution < -0.4 is 0 Å². The van der Waals surface area contributed by atoms with Crippen LogP contribution in [0.25, 0.3) is 0 Å². The lowest BCUT2D eigenvalue weighted by atomic mass is 9.98. The normalized spacial score (nSPS) is 9.29. The van der Waals surface area contributed by atoms with Crippen LogP contribution in [-0.4, -0.2) is 12.2 Å². The van der Waals surface area contributed by atoms with Crippen molar-refractivity contribution < 1.29 is 9.59 Å². The molecule has 0 amide bonds. The van der Waals surface area contributed by atoms with Crippen LogP contribution in [0.4, 0.5) is 0 Å². The minimum atomic E-state index is -0.451. The van der Waals surface area contributed by atoms with Crippen molar-refractivity contribution in [1.82, 2.24) is 0 Å². The van der Waals surface area contributed by atoms with Crippen LogP contribution in [0.2, 0.25) is 0 Å². The number of benzene rings is 2. The van der Waals surface area contributed by atoms with Crippen molar-refractivity contribution in [2.45, 2.75) is 4.84 Å². The van der Waals surface area contributed by atoms with Gasteiger partial charge in [0.1, 0.15) is 4.84 Å². The Balaban J connectivity index is 0.000000321. The minimum absolute atomic E-state index is 0.451. The number of nitrogens with one attached hydrogen (secondary N) is 2. The molecule has 0 saturated carbocycles. The second-order valence-electron chi connectivity index (χ2n) is 3.82. The number of rotatable bonds is 1. The summed E-state index contributed by atoms with van der Waals surface area (Å²) < 4.78 is 0. The van der Waals surface area contributed by atoms with Gasteiger partial charge in [0.05, 0.1) is 0 Å². The summed E-state index contributed by atoms with van der Waals surface area (Å²) in [6.45, 7) is 0. The highest BCUT2D eigenvalue weighted by Gasteiger charge is 2.10. The van der Waals surface area contributed by atoms with Gasteiger partial charge in [0.2, 0.25) is 12.2 Å². The van der Waals surface area contributed by atoms with Gasteiger partial charge in [-0.3, -0.25) is 0 Å². The molecule has 3 rings (SSSR count). The van der Waals surface area contributed by atoms with Crippen LogP contribution in [-0.2, 0) is 9.59 Å². The highest BCUT2D eigenvalue weighted by atomic mass is 35.5. The molecule has 0 bridgehead atoms. The van der Waals surface area contributed by atoms with E-state index >= 15 is 0 Å². The molecular weight excluding hydrogens is 311 g/mol. The first-order valence-electron chi connectivity index (χ1n) is 5.70. The van der Waals surface area contributed by atoms with Crippen LogP contribution in [0, 0.1) is 31.7 Å². The van der Waals surface area contributed by atoms with E-state index in [1.165, 1.54) is 20.9 Å². The lowest BCUT2D eigenvalue weighted by molar-refractivity contribution is 0.562. The molecule has 0 heterocycles. The van der Waals surface area contributed by atoms with E-state index in [4.69, 9.17) is 43.6 Å². The Hall–Kier alpha value is -2.22. The third kappa shape index (κ3) is 3.66. The lowest BCUT2D eigenvalue weighted by Gasteiger charge is -2.10. The molecule has 0 atom stereocenters. The monoisotopic (exact) mass is 320 g/mol. The van der Waals surface area contributed by atoms with Gasteiger partial charge in [-0.1, -0.05) is 42.5 Å². The molecule has 0 radical (unpaired) electrons. The maximum absolute atomic E-state index is 8.35. The lowest BCUT2D eigenvalue weighted by Crippen LogP contribution is -1.96. The molecule has 0 aliphatic heterocycles. The van der Waals surface area contributed by atoms with E-state index in [0.29, 0.717) is 0 Å². The summed E-state index contributed by atoms with van der Waals surface area (Å²) >= 11 is 11.9. The molecule has 2 aromatic carbocycles. The predicted molar refractivity (Wildman–Crippen MR) is 79.5 cm³/mol. The summed E-state index contributed by atoms with van der Waals surface area (Å²) in [6.07, 6.45) is 1.50. The van der Waals surface area contributed by atoms with Gasteiger partial charge in [0.15, 0.2) is 0 Å². The molecule has 21 heavy (non-hydrogen) atoms. The van der Waals surface area contributed by atoms with Crippen molar-refractivity contribution in [2.24, 2.45) is 0 Å². The first kappa shape index (κ1) is 16.8. The van der Waals surface area contributed by atoms with E-state index in [1.807, 2.05) is 24.3 Å². The molecular formula is C15H10Cl2N2O2. The molecule has 0 unspecified atom stereocenters. The maximum Gasteiger partial charge on any atom is 0.231 e. The van der Waals surface area contributed by atoms with E-state index < -0.39 is 4.84 Å². The van der Waals surface area contributed by atoms with Crippen LogP contribution in [0.15, 0.2) is 42.5 Å². The van der Waals surface area contributed by atoms with Crippen molar-refractivity contribution in [3.8, 4) is 0 Å². The fourth-order valence-corrected chi connectivity index (χ4v) is 2.51. The Bertz CT molecular complexity index is 871. The first-order valence-corrected chi connectivity index (χ1v) is 6.58. The van der Waals surface area contributed by atoms with Crippen molar-refractivity contribution >= 4 is 35.4 Å². The van der Waals surface area contributed by atoms with Crippen molar-refractivity contribution in [3.05, 3.63) is 68.9 Å². The molecule has 6 heteroatoms. The molecule has 0 fully saturated rings. The highest BCUT2D eigenvalue weighted by Crippen LogP contribution is 2.28. The fourth-order valence-electron chi connectivity index (χ4n) is 2.15. The Morgan fingerprint density at radius 1 is 0.810 bits per heavy atom. The molecule has 0 saturated heterocycles. The topological polar surface area (TPSA) is 81.8 Å². The summed E-state index contributed by atoms with van der Waals surface area (Å²) in [5, 5.41) is 15.8. The Morgan fingerprint density at radius 3 is 1.81 bits per heavy atom. The number of halogens is 2. The standard InChI is InChI=1S/C13H8Cl2.2CHNO/c14-13(15)11-7-3-6-10-8-4-1-2-5-9(8)12(10)11;2*2-1-3/h1-7,13H;2*2H. The number of fused-ring (bicyclic) bond motifs is 2. The highest BCUT2D eigenvalue weighted by molar-refractivity contribution is 6.44. The first-order chi connectivity index (χ1) is 10.1. The van der Waals surface area contributed by atoms with E-state index in [0.717, 1.165) is 17.7 Å². The average molecular weight is 321 g/mol. The van der Waals surface area contributed by atoms with Crippen LogP contribution in [0.1, 0.15) is 10.4 Å². The molecule has 0 aromatic heterocycles. The Morgan fingerprint density at radius 2 is 1.29 bits per heavy atom. The SMILES string of the molecule is ClC(Cl)c1cccc2c1=c1ccccc1=2.N=C=O.N=C=O. The number of hydrogen-bond donors (Lipinski definition) is 2. The second-order valence-corrected chi connectivity index (χ2v) is 4.92. The zero-order valence-corrected chi connectivity index (χ0v) is 12.2. The fraction of sp³-hybridized carbons (Fsp3) is 0.0667. The smallest absolute Gasteiger partial charge is 0.222 e. The predicted octanol–water partition coefficient (Wildman–Crippen LogP) is 3.85. The zero-order chi connectivity index (χ0) is 15.8. The molecule has 1 aliphatic carbocycles. The molecule has 1 aliphatic rings. The van der Waals surface area contributed by atoms with E-state index in [2.05, 4.69) is 18.2 Å². The molecule has 106 valence electrons. The van der Waals surface area contributed by atoms with E-state index in [-0.39, 0.29) is 0 Å². The van der Waals surface area contributed by atoms with Gasteiger partial charge in [0, 0.05) is 0 Å². The van der Waals surface area contributed by atoms with Gasteiger partial charge in [-0.25, -0.2) is 20.4 Å². The van der Waals surface area contributed by atoms with Gasteiger partial charge < -0.3 is 0 Å². The van der Waals surface area contributed by atoms with Gasteiger partial charge in [0.25, 0.3) is 0 Å². The summed E-state index contributed by atoms with van der Waals surface area (Å²) in [5.41, 5.74) is 1.01. The summed E-state index contributed by atoms with van der Waals surface area (Å²) in [4.78, 5) is 16.2. The zero-order valence-electron chi connectivity index (χ0n) is 10.7. The number of hydrogen-bond acceptors (Lipinski definition) is 4. The molecule has 2 N–H and O–H groups in total. The van der Waals surface area contributed by atoms with Crippen molar-refractivity contribution in [2.75, 3.05) is 0 Å². The van der Waals surface area contributed by atoms with Crippen LogP contribution in [0.3, 0.4) is 0 Å². The summed E-state index contributed by atoms with van der Waals surface area (Å²) in [5.74, 6) is 0.